The van der Waals surface area contributed by atoms with Crippen LogP contribution in [0.25, 0.3) is 0 Å². The number of hydrogen-bond acceptors (Lipinski definition) is 5. The molecule has 2 aromatic rings. The van der Waals surface area contributed by atoms with Crippen LogP contribution in [0.5, 0.6) is 0 Å². The number of rotatable bonds is 4. The van der Waals surface area contributed by atoms with Gasteiger partial charge in [0.2, 0.25) is 0 Å². The molecule has 0 unspecified atom stereocenters. The molecule has 0 bridgehead atoms. The van der Waals surface area contributed by atoms with E-state index in [0.29, 0.717) is 12.2 Å². The second-order valence-corrected chi connectivity index (χ2v) is 6.74. The van der Waals surface area contributed by atoms with Gasteiger partial charge in [0.15, 0.2) is 5.56 Å². The van der Waals surface area contributed by atoms with E-state index in [0.717, 1.165) is 12.1 Å². The summed E-state index contributed by atoms with van der Waals surface area (Å²) in [5.41, 5.74) is -1.09. The van der Waals surface area contributed by atoms with Crippen LogP contribution in [-0.4, -0.2) is 29.1 Å². The fourth-order valence-corrected chi connectivity index (χ4v) is 2.06. The summed E-state index contributed by atoms with van der Waals surface area (Å²) in [5, 5.41) is 15.7. The van der Waals surface area contributed by atoms with Gasteiger partial charge in [-0.2, -0.15) is 0 Å². The Hall–Kier alpha value is -3.49. The molecule has 170 valence electrons. The van der Waals surface area contributed by atoms with Crippen molar-refractivity contribution in [1.82, 2.24) is 5.32 Å². The van der Waals surface area contributed by atoms with E-state index in [1.54, 1.807) is 30.3 Å². The molecule has 0 aliphatic rings. The van der Waals surface area contributed by atoms with Crippen molar-refractivity contribution in [2.45, 2.75) is 47.1 Å². The van der Waals surface area contributed by atoms with E-state index in [1.165, 1.54) is 6.07 Å². The van der Waals surface area contributed by atoms with Crippen LogP contribution in [0.2, 0.25) is 0 Å². The van der Waals surface area contributed by atoms with Crippen molar-refractivity contribution in [1.29, 1.82) is 0 Å². The zero-order valence-corrected chi connectivity index (χ0v) is 18.7. The van der Waals surface area contributed by atoms with Crippen LogP contribution in [0.4, 0.5) is 20.6 Å². The number of nitrogens with zero attached hydrogens (tertiary/aromatic N) is 1. The first kappa shape index (κ1) is 27.5. The summed E-state index contributed by atoms with van der Waals surface area (Å²) >= 11 is 0. The number of halogens is 1. The van der Waals surface area contributed by atoms with Crippen molar-refractivity contribution in [3.63, 3.8) is 0 Å². The lowest BCUT2D eigenvalue weighted by molar-refractivity contribution is -0.385. The Kier molecular flexibility index (Phi) is 12.1. The Balaban J connectivity index is 0.000000639. The Morgan fingerprint density at radius 2 is 1.65 bits per heavy atom. The number of carbonyl (C=O) groups is 2. The van der Waals surface area contributed by atoms with Crippen LogP contribution in [0.3, 0.4) is 0 Å². The van der Waals surface area contributed by atoms with Crippen LogP contribution in [-0.2, 0) is 4.74 Å². The number of nitro benzene ring substituents is 1. The molecule has 2 amide bonds. The summed E-state index contributed by atoms with van der Waals surface area (Å²) < 4.78 is 18.5. The van der Waals surface area contributed by atoms with E-state index in [9.17, 15) is 24.1 Å². The van der Waals surface area contributed by atoms with Crippen LogP contribution < -0.4 is 10.6 Å². The van der Waals surface area contributed by atoms with Crippen molar-refractivity contribution < 1.29 is 23.6 Å². The molecule has 2 rings (SSSR count). The molecular weight excluding hydrogens is 405 g/mol. The molecule has 0 fully saturated rings. The summed E-state index contributed by atoms with van der Waals surface area (Å²) in [6, 6.07) is 11.6. The summed E-state index contributed by atoms with van der Waals surface area (Å²) in [5.74, 6) is -1.78. The third-order valence-electron chi connectivity index (χ3n) is 3.17. The molecule has 0 saturated heterocycles. The SMILES string of the molecule is CC.CCNC(=O)OC(C)(C)C.O=C(Nc1ccccc1)c1c(F)cccc1[N+](=O)[O-]. The van der Waals surface area contributed by atoms with Crippen LogP contribution in [0.1, 0.15) is 51.9 Å². The lowest BCUT2D eigenvalue weighted by atomic mass is 10.1. The number of nitrogens with one attached hydrogen (secondary N) is 2. The second-order valence-electron chi connectivity index (χ2n) is 6.74. The molecule has 0 aliphatic carbocycles. The van der Waals surface area contributed by atoms with Gasteiger partial charge < -0.3 is 15.4 Å². The fourth-order valence-electron chi connectivity index (χ4n) is 2.06. The molecule has 0 atom stereocenters. The third kappa shape index (κ3) is 10.7. The first-order valence-electron chi connectivity index (χ1n) is 9.81. The molecule has 0 heterocycles. The quantitative estimate of drug-likeness (QED) is 0.484. The van der Waals surface area contributed by atoms with Gasteiger partial charge in [-0.25, -0.2) is 9.18 Å². The standard InChI is InChI=1S/C13H9FN2O3.C7H15NO2.C2H6/c14-10-7-4-8-11(16(18)19)12(10)13(17)15-9-5-2-1-3-6-9;1-5-8-6(9)10-7(2,3)4;1-2/h1-8H,(H,15,17);5H2,1-4H3,(H,8,9);1-2H3. The van der Waals surface area contributed by atoms with Crippen LogP contribution >= 0.6 is 0 Å². The topological polar surface area (TPSA) is 111 Å². The number of para-hydroxylation sites is 1. The number of amides is 2. The number of carbonyl (C=O) groups excluding carboxylic acids is 2. The van der Waals surface area contributed by atoms with Gasteiger partial charge >= 0.3 is 6.09 Å². The normalized spacial score (nSPS) is 9.77. The van der Waals surface area contributed by atoms with Gasteiger partial charge in [0, 0.05) is 18.3 Å². The number of hydrogen-bond donors (Lipinski definition) is 2. The minimum atomic E-state index is -0.928. The van der Waals surface area contributed by atoms with Gasteiger partial charge in [0.05, 0.1) is 4.92 Å². The molecule has 0 spiro atoms. The molecule has 31 heavy (non-hydrogen) atoms. The first-order chi connectivity index (χ1) is 14.5. The van der Waals surface area contributed by atoms with Crippen molar-refractivity contribution in [2.24, 2.45) is 0 Å². The highest BCUT2D eigenvalue weighted by Gasteiger charge is 2.24. The Labute approximate surface area is 182 Å². The average molecular weight is 435 g/mol. The highest BCUT2D eigenvalue weighted by molar-refractivity contribution is 6.07. The molecule has 2 aromatic carbocycles. The molecule has 0 aliphatic heterocycles. The summed E-state index contributed by atoms with van der Waals surface area (Å²) in [4.78, 5) is 32.6. The van der Waals surface area contributed by atoms with E-state index >= 15 is 0 Å². The molecule has 2 N–H and O–H groups in total. The lowest BCUT2D eigenvalue weighted by Crippen LogP contribution is -2.32. The predicted molar refractivity (Wildman–Crippen MR) is 119 cm³/mol. The van der Waals surface area contributed by atoms with Crippen molar-refractivity contribution >= 4 is 23.4 Å². The van der Waals surface area contributed by atoms with Crippen molar-refractivity contribution in [2.75, 3.05) is 11.9 Å². The van der Waals surface area contributed by atoms with Crippen molar-refractivity contribution in [3.8, 4) is 0 Å². The van der Waals surface area contributed by atoms with Crippen molar-refractivity contribution in [3.05, 3.63) is 70.0 Å². The maximum Gasteiger partial charge on any atom is 0.407 e. The minimum absolute atomic E-state index is 0.352. The first-order valence-corrected chi connectivity index (χ1v) is 9.81. The van der Waals surface area contributed by atoms with E-state index < -0.39 is 27.9 Å². The van der Waals surface area contributed by atoms with Crippen LogP contribution in [0, 0.1) is 15.9 Å². The third-order valence-corrected chi connectivity index (χ3v) is 3.17. The smallest absolute Gasteiger partial charge is 0.407 e. The number of alkyl carbamates (subject to hydrolysis) is 1. The zero-order chi connectivity index (χ0) is 24.0. The molecular formula is C22H30FN3O5. The molecule has 0 saturated carbocycles. The van der Waals surface area contributed by atoms with Gasteiger partial charge in [-0.15, -0.1) is 0 Å². The summed E-state index contributed by atoms with van der Waals surface area (Å²) in [7, 11) is 0. The number of ether oxygens (including phenoxy) is 1. The zero-order valence-electron chi connectivity index (χ0n) is 18.7. The molecule has 0 aromatic heterocycles. The second kappa shape index (κ2) is 13.7. The van der Waals surface area contributed by atoms with E-state index in [1.807, 2.05) is 41.5 Å². The van der Waals surface area contributed by atoms with E-state index in [4.69, 9.17) is 4.74 Å². The minimum Gasteiger partial charge on any atom is -0.444 e. The Bertz CT molecular complexity index is 852. The monoisotopic (exact) mass is 435 g/mol. The largest absolute Gasteiger partial charge is 0.444 e. The molecule has 8 nitrogen and oxygen atoms in total. The van der Waals surface area contributed by atoms with E-state index in [2.05, 4.69) is 10.6 Å². The predicted octanol–water partition coefficient (Wildman–Crippen LogP) is 5.54. The maximum absolute atomic E-state index is 13.6. The van der Waals surface area contributed by atoms with Crippen LogP contribution in [0.15, 0.2) is 48.5 Å². The van der Waals surface area contributed by atoms with Gasteiger partial charge in [-0.1, -0.05) is 38.1 Å². The van der Waals surface area contributed by atoms with Gasteiger partial charge in [-0.05, 0) is 45.9 Å². The van der Waals surface area contributed by atoms with Gasteiger partial charge in [0.1, 0.15) is 11.4 Å². The lowest BCUT2D eigenvalue weighted by Gasteiger charge is -2.19. The fraction of sp³-hybridized carbons (Fsp3) is 0.364. The molecule has 0 radical (unpaired) electrons. The number of nitro groups is 1. The highest BCUT2D eigenvalue weighted by atomic mass is 19.1. The number of anilines is 1. The summed E-state index contributed by atoms with van der Waals surface area (Å²) in [6.07, 6.45) is -0.352. The Morgan fingerprint density at radius 3 is 2.13 bits per heavy atom. The molecule has 9 heteroatoms. The maximum atomic E-state index is 13.6. The average Bonchev–Trinajstić information content (AvgIpc) is 2.69. The van der Waals surface area contributed by atoms with Gasteiger partial charge in [0.25, 0.3) is 11.6 Å². The van der Waals surface area contributed by atoms with Gasteiger partial charge in [-0.3, -0.25) is 14.9 Å². The highest BCUT2D eigenvalue weighted by Crippen LogP contribution is 2.22. The number of benzene rings is 2. The van der Waals surface area contributed by atoms with E-state index in [-0.39, 0.29) is 11.7 Å². The Morgan fingerprint density at radius 1 is 1.06 bits per heavy atom. The summed E-state index contributed by atoms with van der Waals surface area (Å²) in [6.45, 7) is 12.0.